The molecular weight excluding hydrogens is 332 g/mol. The van der Waals surface area contributed by atoms with Crippen LogP contribution in [-0.2, 0) is 13.2 Å². The van der Waals surface area contributed by atoms with E-state index in [2.05, 4.69) is 40.3 Å². The molecule has 1 aromatic carbocycles. The second kappa shape index (κ2) is 7.09. The van der Waals surface area contributed by atoms with Crippen LogP contribution in [0, 0.1) is 13.8 Å². The quantitative estimate of drug-likeness (QED) is 0.848. The summed E-state index contributed by atoms with van der Waals surface area (Å²) in [6.45, 7) is 9.39. The lowest BCUT2D eigenvalue weighted by molar-refractivity contribution is 0.248. The fourth-order valence-electron chi connectivity index (χ4n) is 1.96. The minimum absolute atomic E-state index is 0.384. The zero-order valence-corrected chi connectivity index (χ0v) is 14.5. The van der Waals surface area contributed by atoms with Crippen molar-refractivity contribution >= 4 is 15.9 Å². The van der Waals surface area contributed by atoms with Gasteiger partial charge in [0.1, 0.15) is 12.4 Å². The van der Waals surface area contributed by atoms with Crippen molar-refractivity contribution in [3.05, 3.63) is 45.3 Å². The first-order chi connectivity index (χ1) is 9.95. The predicted octanol–water partition coefficient (Wildman–Crippen LogP) is 4.13. The molecule has 0 spiro atoms. The molecule has 0 saturated heterocycles. The Morgan fingerprint density at radius 3 is 2.52 bits per heavy atom. The fraction of sp³-hybridized carbons (Fsp3) is 0.438. The summed E-state index contributed by atoms with van der Waals surface area (Å²) in [6, 6.07) is 6.37. The van der Waals surface area contributed by atoms with E-state index < -0.39 is 0 Å². The summed E-state index contributed by atoms with van der Waals surface area (Å²) >= 11 is 3.55. The van der Waals surface area contributed by atoms with Crippen LogP contribution in [0.2, 0.25) is 0 Å². The normalized spacial score (nSPS) is 11.1. The van der Waals surface area contributed by atoms with Crippen molar-refractivity contribution in [1.29, 1.82) is 0 Å². The Balaban J connectivity index is 1.94. The number of ether oxygens (including phenoxy) is 1. The van der Waals surface area contributed by atoms with Gasteiger partial charge in [-0.2, -0.15) is 0 Å². The van der Waals surface area contributed by atoms with Crippen molar-refractivity contribution in [2.45, 2.75) is 46.9 Å². The van der Waals surface area contributed by atoms with E-state index in [1.165, 1.54) is 0 Å². The van der Waals surface area contributed by atoms with Crippen molar-refractivity contribution in [2.75, 3.05) is 0 Å². The van der Waals surface area contributed by atoms with E-state index in [-0.39, 0.29) is 0 Å². The first kappa shape index (κ1) is 16.0. The standard InChI is InChI=1S/C16H21BrN2O2/c1-10(2)18-8-13-7-15(21-19-13)9-20-14-5-11(3)16(17)12(4)6-14/h5-7,10,18H,8-9H2,1-4H3. The van der Waals surface area contributed by atoms with E-state index in [1.54, 1.807) is 0 Å². The fourth-order valence-corrected chi connectivity index (χ4v) is 2.19. The average Bonchev–Trinajstić information content (AvgIpc) is 2.88. The molecule has 4 nitrogen and oxygen atoms in total. The number of aryl methyl sites for hydroxylation is 2. The summed E-state index contributed by atoms with van der Waals surface area (Å²) in [6.07, 6.45) is 0. The lowest BCUT2D eigenvalue weighted by Crippen LogP contribution is -2.21. The number of aromatic nitrogens is 1. The lowest BCUT2D eigenvalue weighted by Gasteiger charge is -2.08. The predicted molar refractivity (Wildman–Crippen MR) is 86.4 cm³/mol. The van der Waals surface area contributed by atoms with E-state index in [4.69, 9.17) is 9.26 Å². The van der Waals surface area contributed by atoms with Crippen LogP contribution < -0.4 is 10.1 Å². The Kier molecular flexibility index (Phi) is 5.42. The number of rotatable bonds is 6. The topological polar surface area (TPSA) is 47.3 Å². The molecule has 2 aromatic rings. The molecule has 0 radical (unpaired) electrons. The van der Waals surface area contributed by atoms with Gasteiger partial charge in [-0.1, -0.05) is 34.9 Å². The SMILES string of the molecule is Cc1cc(OCc2cc(CNC(C)C)no2)cc(C)c1Br. The molecule has 0 amide bonds. The van der Waals surface area contributed by atoms with Gasteiger partial charge in [0, 0.05) is 23.1 Å². The van der Waals surface area contributed by atoms with Crippen molar-refractivity contribution in [2.24, 2.45) is 0 Å². The molecule has 0 atom stereocenters. The second-order valence-electron chi connectivity index (χ2n) is 5.48. The minimum Gasteiger partial charge on any atom is -0.486 e. The summed E-state index contributed by atoms with van der Waals surface area (Å²) in [7, 11) is 0. The van der Waals surface area contributed by atoms with Crippen molar-refractivity contribution in [3.8, 4) is 5.75 Å². The maximum atomic E-state index is 5.77. The molecule has 0 aliphatic carbocycles. The Morgan fingerprint density at radius 2 is 1.90 bits per heavy atom. The lowest BCUT2D eigenvalue weighted by atomic mass is 10.1. The van der Waals surface area contributed by atoms with Gasteiger partial charge in [-0.25, -0.2) is 0 Å². The summed E-state index contributed by atoms with van der Waals surface area (Å²) in [5.41, 5.74) is 3.21. The van der Waals surface area contributed by atoms with Crippen LogP contribution in [0.15, 0.2) is 27.2 Å². The minimum atomic E-state index is 0.384. The monoisotopic (exact) mass is 352 g/mol. The molecule has 21 heavy (non-hydrogen) atoms. The molecule has 0 bridgehead atoms. The Hall–Kier alpha value is -1.33. The Bertz CT molecular complexity index is 585. The highest BCUT2D eigenvalue weighted by Gasteiger charge is 2.07. The summed E-state index contributed by atoms with van der Waals surface area (Å²) < 4.78 is 12.2. The number of nitrogens with zero attached hydrogens (tertiary/aromatic N) is 1. The number of hydrogen-bond donors (Lipinski definition) is 1. The molecule has 0 saturated carbocycles. The van der Waals surface area contributed by atoms with Crippen LogP contribution in [0.1, 0.15) is 36.4 Å². The summed E-state index contributed by atoms with van der Waals surface area (Å²) in [5.74, 6) is 1.57. The second-order valence-corrected chi connectivity index (χ2v) is 6.27. The van der Waals surface area contributed by atoms with Crippen molar-refractivity contribution < 1.29 is 9.26 Å². The smallest absolute Gasteiger partial charge is 0.174 e. The number of benzene rings is 1. The van der Waals surface area contributed by atoms with Gasteiger partial charge in [-0.3, -0.25) is 0 Å². The van der Waals surface area contributed by atoms with Gasteiger partial charge in [0.15, 0.2) is 5.76 Å². The van der Waals surface area contributed by atoms with E-state index in [1.807, 2.05) is 32.0 Å². The van der Waals surface area contributed by atoms with Crippen molar-refractivity contribution in [3.63, 3.8) is 0 Å². The summed E-state index contributed by atoms with van der Waals surface area (Å²) in [5, 5.41) is 7.33. The maximum Gasteiger partial charge on any atom is 0.174 e. The zero-order valence-electron chi connectivity index (χ0n) is 12.9. The molecule has 0 unspecified atom stereocenters. The van der Waals surface area contributed by atoms with Crippen LogP contribution in [0.5, 0.6) is 5.75 Å². The molecule has 1 aromatic heterocycles. The van der Waals surface area contributed by atoms with Gasteiger partial charge in [0.05, 0.1) is 5.69 Å². The highest BCUT2D eigenvalue weighted by Crippen LogP contribution is 2.26. The number of nitrogens with one attached hydrogen (secondary N) is 1. The third-order valence-electron chi connectivity index (χ3n) is 3.09. The average molecular weight is 353 g/mol. The van der Waals surface area contributed by atoms with Crippen LogP contribution in [-0.4, -0.2) is 11.2 Å². The molecule has 0 aliphatic heterocycles. The van der Waals surface area contributed by atoms with E-state index in [0.29, 0.717) is 19.2 Å². The molecule has 0 aliphatic rings. The molecule has 2 rings (SSSR count). The molecule has 0 fully saturated rings. The highest BCUT2D eigenvalue weighted by atomic mass is 79.9. The van der Waals surface area contributed by atoms with Gasteiger partial charge >= 0.3 is 0 Å². The maximum absolute atomic E-state index is 5.77. The van der Waals surface area contributed by atoms with Crippen LogP contribution in [0.25, 0.3) is 0 Å². The van der Waals surface area contributed by atoms with E-state index >= 15 is 0 Å². The largest absolute Gasteiger partial charge is 0.486 e. The van der Waals surface area contributed by atoms with E-state index in [9.17, 15) is 0 Å². The third-order valence-corrected chi connectivity index (χ3v) is 4.34. The van der Waals surface area contributed by atoms with Gasteiger partial charge in [-0.15, -0.1) is 0 Å². The van der Waals surface area contributed by atoms with E-state index in [0.717, 1.165) is 32.8 Å². The van der Waals surface area contributed by atoms with Gasteiger partial charge < -0.3 is 14.6 Å². The van der Waals surface area contributed by atoms with Gasteiger partial charge in [0.25, 0.3) is 0 Å². The molecule has 1 heterocycles. The summed E-state index contributed by atoms with van der Waals surface area (Å²) in [4.78, 5) is 0. The van der Waals surface area contributed by atoms with Gasteiger partial charge in [0.2, 0.25) is 0 Å². The molecular formula is C16H21BrN2O2. The van der Waals surface area contributed by atoms with Gasteiger partial charge in [-0.05, 0) is 37.1 Å². The molecule has 114 valence electrons. The highest BCUT2D eigenvalue weighted by molar-refractivity contribution is 9.10. The third kappa shape index (κ3) is 4.58. The van der Waals surface area contributed by atoms with Crippen LogP contribution in [0.3, 0.4) is 0 Å². The first-order valence-electron chi connectivity index (χ1n) is 7.03. The Labute approximate surface area is 134 Å². The zero-order chi connectivity index (χ0) is 15.4. The van der Waals surface area contributed by atoms with Crippen molar-refractivity contribution in [1.82, 2.24) is 10.5 Å². The molecule has 5 heteroatoms. The first-order valence-corrected chi connectivity index (χ1v) is 7.82. The number of hydrogen-bond acceptors (Lipinski definition) is 4. The number of halogens is 1. The molecule has 1 N–H and O–H groups in total. The Morgan fingerprint density at radius 1 is 1.24 bits per heavy atom. The van der Waals surface area contributed by atoms with Crippen LogP contribution >= 0.6 is 15.9 Å². The van der Waals surface area contributed by atoms with Crippen LogP contribution in [0.4, 0.5) is 0 Å².